The highest BCUT2D eigenvalue weighted by atomic mass is 16.6. The molecular weight excluding hydrogens is 526 g/mol. The molecule has 0 radical (unpaired) electrons. The summed E-state index contributed by atoms with van der Waals surface area (Å²) in [4.78, 5) is 54.6. The van der Waals surface area contributed by atoms with Crippen LogP contribution in [0.15, 0.2) is 42.5 Å². The van der Waals surface area contributed by atoms with E-state index in [2.05, 4.69) is 10.6 Å². The van der Waals surface area contributed by atoms with Gasteiger partial charge in [-0.25, -0.2) is 4.79 Å². The Morgan fingerprint density at radius 2 is 1.71 bits per heavy atom. The molecular formula is C31H41N3O7. The van der Waals surface area contributed by atoms with Gasteiger partial charge < -0.3 is 30.1 Å². The van der Waals surface area contributed by atoms with Crippen molar-refractivity contribution in [1.82, 2.24) is 15.5 Å². The Bertz CT molecular complexity index is 1250. The van der Waals surface area contributed by atoms with E-state index >= 15 is 0 Å². The summed E-state index contributed by atoms with van der Waals surface area (Å²) < 4.78 is 10.2. The zero-order chi connectivity index (χ0) is 30.3. The Morgan fingerprint density at radius 1 is 1.05 bits per heavy atom. The zero-order valence-corrected chi connectivity index (χ0v) is 24.7. The number of phenolic OH excluding ortho intramolecular Hbond substituents is 1. The molecule has 3 amide bonds. The first kappa shape index (κ1) is 31.4. The molecule has 2 aromatic rings. The number of nitrogens with one attached hydrogen (secondary N) is 2. The van der Waals surface area contributed by atoms with Gasteiger partial charge in [-0.3, -0.25) is 14.4 Å². The first-order chi connectivity index (χ1) is 19.3. The number of ether oxygens (including phenoxy) is 2. The maximum atomic E-state index is 14.5. The summed E-state index contributed by atoms with van der Waals surface area (Å²) in [5.74, 6) is -1.51. The van der Waals surface area contributed by atoms with Crippen molar-refractivity contribution in [3.8, 4) is 5.75 Å². The fourth-order valence-corrected chi connectivity index (χ4v) is 4.70. The monoisotopic (exact) mass is 567 g/mol. The molecule has 0 heterocycles. The Morgan fingerprint density at radius 3 is 2.27 bits per heavy atom. The van der Waals surface area contributed by atoms with Crippen molar-refractivity contribution in [2.24, 2.45) is 0 Å². The molecule has 1 saturated carbocycles. The number of benzene rings is 2. The number of aryl methyl sites for hydroxylation is 1. The van der Waals surface area contributed by atoms with E-state index in [0.717, 1.165) is 17.5 Å². The number of carbonyl (C=O) groups excluding carboxylic acids is 4. The number of rotatable bonds is 10. The van der Waals surface area contributed by atoms with Crippen LogP contribution < -0.4 is 10.6 Å². The predicted octanol–water partition coefficient (Wildman–Crippen LogP) is 3.86. The van der Waals surface area contributed by atoms with E-state index in [0.29, 0.717) is 24.0 Å². The molecule has 1 fully saturated rings. The average molecular weight is 568 g/mol. The van der Waals surface area contributed by atoms with Gasteiger partial charge in [-0.1, -0.05) is 30.3 Å². The van der Waals surface area contributed by atoms with Crippen LogP contribution in [-0.2, 0) is 30.3 Å². The van der Waals surface area contributed by atoms with E-state index in [1.807, 2.05) is 26.0 Å². The largest absolute Gasteiger partial charge is 0.508 e. The Hall–Kier alpha value is -4.08. The van der Waals surface area contributed by atoms with Crippen LogP contribution in [0.5, 0.6) is 5.75 Å². The molecule has 2 aromatic carbocycles. The van der Waals surface area contributed by atoms with Crippen molar-refractivity contribution >= 4 is 23.9 Å². The summed E-state index contributed by atoms with van der Waals surface area (Å²) in [5, 5.41) is 15.1. The van der Waals surface area contributed by atoms with Crippen molar-refractivity contribution in [2.75, 3.05) is 13.7 Å². The van der Waals surface area contributed by atoms with Gasteiger partial charge >= 0.3 is 12.1 Å². The predicted molar refractivity (Wildman–Crippen MR) is 153 cm³/mol. The third-order valence-electron chi connectivity index (χ3n) is 7.19. The quantitative estimate of drug-likeness (QED) is 0.371. The molecule has 0 spiro atoms. The summed E-state index contributed by atoms with van der Waals surface area (Å²) >= 11 is 0. The molecule has 10 heteroatoms. The minimum absolute atomic E-state index is 0.0742. The number of esters is 1. The molecule has 41 heavy (non-hydrogen) atoms. The van der Waals surface area contributed by atoms with Gasteiger partial charge in [-0.15, -0.1) is 0 Å². The fraction of sp³-hybridized carbons (Fsp3) is 0.484. The average Bonchev–Trinajstić information content (AvgIpc) is 2.87. The van der Waals surface area contributed by atoms with E-state index in [4.69, 9.17) is 9.47 Å². The van der Waals surface area contributed by atoms with E-state index < -0.39 is 41.6 Å². The summed E-state index contributed by atoms with van der Waals surface area (Å²) in [6.45, 7) is 8.65. The van der Waals surface area contributed by atoms with Crippen molar-refractivity contribution in [3.05, 3.63) is 64.7 Å². The van der Waals surface area contributed by atoms with Gasteiger partial charge in [-0.2, -0.15) is 0 Å². The van der Waals surface area contributed by atoms with Crippen molar-refractivity contribution in [3.63, 3.8) is 0 Å². The number of carbonyl (C=O) groups is 4. The standard InChI is InChI=1S/C31H41N3O7/c1-19-9-7-12-24(20(19)2)27(28(37)32-18-26(36)40-6)34(22-10-8-11-22)29(38)25(33-30(39)41-31(3,4)5)17-21-13-15-23(35)16-14-21/h7,9,12-16,22,25,27,35H,8,10-11,17-18H2,1-6H3,(H,32,37)(H,33,39). The number of aromatic hydroxyl groups is 1. The minimum Gasteiger partial charge on any atom is -0.508 e. The number of phenols is 1. The number of hydrogen-bond acceptors (Lipinski definition) is 7. The summed E-state index contributed by atoms with van der Waals surface area (Å²) in [7, 11) is 1.23. The molecule has 0 saturated heterocycles. The lowest BCUT2D eigenvalue weighted by Crippen LogP contribution is -2.58. The van der Waals surface area contributed by atoms with E-state index in [-0.39, 0.29) is 24.8 Å². The van der Waals surface area contributed by atoms with E-state index in [1.54, 1.807) is 43.9 Å². The highest BCUT2D eigenvalue weighted by Crippen LogP contribution is 2.35. The Labute approximate surface area is 241 Å². The van der Waals surface area contributed by atoms with Crippen LogP contribution in [0.4, 0.5) is 4.79 Å². The van der Waals surface area contributed by atoms with Gasteiger partial charge in [0.2, 0.25) is 11.8 Å². The van der Waals surface area contributed by atoms with Gasteiger partial charge in [0.05, 0.1) is 7.11 Å². The third kappa shape index (κ3) is 8.45. The number of nitrogens with zero attached hydrogens (tertiary/aromatic N) is 1. The smallest absolute Gasteiger partial charge is 0.408 e. The van der Waals surface area contributed by atoms with E-state index in [1.165, 1.54) is 19.2 Å². The molecule has 3 rings (SSSR count). The van der Waals surface area contributed by atoms with Crippen LogP contribution in [0.1, 0.15) is 68.3 Å². The number of alkyl carbamates (subject to hydrolysis) is 1. The second-order valence-electron chi connectivity index (χ2n) is 11.4. The molecule has 1 aliphatic rings. The van der Waals surface area contributed by atoms with Gasteiger partial charge in [0.1, 0.15) is 30.0 Å². The highest BCUT2D eigenvalue weighted by Gasteiger charge is 2.42. The molecule has 3 N–H and O–H groups in total. The molecule has 0 aliphatic heterocycles. The number of amides is 3. The van der Waals surface area contributed by atoms with Crippen molar-refractivity contribution in [2.45, 2.75) is 84.0 Å². The fourth-order valence-electron chi connectivity index (χ4n) is 4.70. The molecule has 2 atom stereocenters. The zero-order valence-electron chi connectivity index (χ0n) is 24.7. The highest BCUT2D eigenvalue weighted by molar-refractivity contribution is 5.94. The minimum atomic E-state index is -1.07. The number of hydrogen-bond donors (Lipinski definition) is 3. The van der Waals surface area contributed by atoms with Gasteiger partial charge in [0.15, 0.2) is 0 Å². The lowest BCUT2D eigenvalue weighted by Gasteiger charge is -2.44. The second kappa shape index (κ2) is 13.5. The molecule has 0 bridgehead atoms. The van der Waals surface area contributed by atoms with Gasteiger partial charge in [-0.05, 0) is 88.3 Å². The normalized spacial score (nSPS) is 14.7. The molecule has 0 aromatic heterocycles. The van der Waals surface area contributed by atoms with Crippen LogP contribution in [-0.4, -0.2) is 65.2 Å². The Kier molecular flexibility index (Phi) is 10.4. The molecule has 2 unspecified atom stereocenters. The van der Waals surface area contributed by atoms with Crippen LogP contribution in [0, 0.1) is 13.8 Å². The van der Waals surface area contributed by atoms with Crippen LogP contribution in [0.25, 0.3) is 0 Å². The first-order valence-corrected chi connectivity index (χ1v) is 13.8. The SMILES string of the molecule is COC(=O)CNC(=O)C(c1cccc(C)c1C)N(C(=O)C(Cc1ccc(O)cc1)NC(=O)OC(C)(C)C)C1CCC1. The summed E-state index contributed by atoms with van der Waals surface area (Å²) in [6.07, 6.45) is 1.61. The van der Waals surface area contributed by atoms with Crippen molar-refractivity contribution in [1.29, 1.82) is 0 Å². The van der Waals surface area contributed by atoms with Crippen LogP contribution in [0.2, 0.25) is 0 Å². The first-order valence-electron chi connectivity index (χ1n) is 13.8. The molecule has 10 nitrogen and oxygen atoms in total. The maximum Gasteiger partial charge on any atom is 0.408 e. The number of methoxy groups -OCH3 is 1. The van der Waals surface area contributed by atoms with Crippen LogP contribution >= 0.6 is 0 Å². The van der Waals surface area contributed by atoms with E-state index in [9.17, 15) is 24.3 Å². The van der Waals surface area contributed by atoms with Gasteiger partial charge in [0.25, 0.3) is 0 Å². The van der Waals surface area contributed by atoms with Crippen molar-refractivity contribution < 1.29 is 33.8 Å². The Balaban J connectivity index is 2.07. The summed E-state index contributed by atoms with van der Waals surface area (Å²) in [5.41, 5.74) is 2.33. The lowest BCUT2D eigenvalue weighted by molar-refractivity contribution is -0.148. The molecule has 1 aliphatic carbocycles. The molecule has 222 valence electrons. The lowest BCUT2D eigenvalue weighted by atomic mass is 9.86. The summed E-state index contributed by atoms with van der Waals surface area (Å²) in [6, 6.07) is 9.54. The third-order valence-corrected chi connectivity index (χ3v) is 7.19. The van der Waals surface area contributed by atoms with Gasteiger partial charge in [0, 0.05) is 12.5 Å². The second-order valence-corrected chi connectivity index (χ2v) is 11.4. The topological polar surface area (TPSA) is 134 Å². The van der Waals surface area contributed by atoms with Crippen LogP contribution in [0.3, 0.4) is 0 Å². The maximum absolute atomic E-state index is 14.5.